The van der Waals surface area contributed by atoms with Crippen molar-refractivity contribution in [3.05, 3.63) is 24.3 Å². The van der Waals surface area contributed by atoms with E-state index < -0.39 is 16.2 Å². The fraction of sp³-hybridized carbons (Fsp3) is 0. The van der Waals surface area contributed by atoms with Gasteiger partial charge in [0.1, 0.15) is 5.76 Å². The summed E-state index contributed by atoms with van der Waals surface area (Å²) in [5.41, 5.74) is 0. The second-order valence-corrected chi connectivity index (χ2v) is 2.91. The van der Waals surface area contributed by atoms with E-state index in [9.17, 15) is 8.42 Å². The smallest absolute Gasteiger partial charge is 0.409 e. The molecule has 56 valence electrons. The van der Waals surface area contributed by atoms with Gasteiger partial charge in [0.05, 0.1) is 0 Å². The first-order valence-electron chi connectivity index (χ1n) is 2.31. The molecular weight excluding hydrogens is 158 g/mol. The molecule has 0 aromatic carbocycles. The standard InChI is InChI=1S/C4H5NO4S/c1-3-2-4(6)5-10(7,8)9-3/h2,5-6H,1H2. The molecule has 1 heterocycles. The molecule has 5 nitrogen and oxygen atoms in total. The monoisotopic (exact) mass is 163 g/mol. The average Bonchev–Trinajstić information content (AvgIpc) is 1.54. The summed E-state index contributed by atoms with van der Waals surface area (Å²) in [5.74, 6) is -0.604. The summed E-state index contributed by atoms with van der Waals surface area (Å²) in [5, 5.41) is 8.65. The summed E-state index contributed by atoms with van der Waals surface area (Å²) >= 11 is 0. The van der Waals surface area contributed by atoms with Gasteiger partial charge in [-0.15, -0.1) is 0 Å². The molecule has 0 bridgehead atoms. The first-order valence-corrected chi connectivity index (χ1v) is 3.72. The van der Waals surface area contributed by atoms with E-state index in [0.717, 1.165) is 6.08 Å². The van der Waals surface area contributed by atoms with Crippen LogP contribution in [0.2, 0.25) is 0 Å². The molecule has 1 aliphatic heterocycles. The first-order chi connectivity index (χ1) is 4.49. The molecule has 1 rings (SSSR count). The molecule has 6 heteroatoms. The molecule has 0 spiro atoms. The zero-order valence-electron chi connectivity index (χ0n) is 4.86. The van der Waals surface area contributed by atoms with Gasteiger partial charge in [0.15, 0.2) is 0 Å². The van der Waals surface area contributed by atoms with E-state index in [4.69, 9.17) is 5.11 Å². The van der Waals surface area contributed by atoms with Crippen LogP contribution >= 0.6 is 0 Å². The third kappa shape index (κ3) is 1.41. The molecule has 0 amide bonds. The van der Waals surface area contributed by atoms with Gasteiger partial charge in [-0.2, -0.15) is 8.42 Å². The topological polar surface area (TPSA) is 75.6 Å². The molecule has 2 N–H and O–H groups in total. The number of hydrogen-bond acceptors (Lipinski definition) is 4. The highest BCUT2D eigenvalue weighted by Crippen LogP contribution is 2.09. The number of hydrogen-bond donors (Lipinski definition) is 2. The van der Waals surface area contributed by atoms with E-state index in [1.54, 1.807) is 4.72 Å². The van der Waals surface area contributed by atoms with Gasteiger partial charge in [0, 0.05) is 6.08 Å². The molecule has 1 aliphatic rings. The summed E-state index contributed by atoms with van der Waals surface area (Å²) in [6, 6.07) is 0. The summed E-state index contributed by atoms with van der Waals surface area (Å²) in [4.78, 5) is 0. The molecule has 0 aromatic rings. The zero-order chi connectivity index (χ0) is 7.78. The zero-order valence-corrected chi connectivity index (χ0v) is 5.68. The Morgan fingerprint density at radius 2 is 2.30 bits per heavy atom. The molecule has 0 unspecified atom stereocenters. The van der Waals surface area contributed by atoms with Gasteiger partial charge in [0.2, 0.25) is 5.88 Å². The predicted molar refractivity (Wildman–Crippen MR) is 33.0 cm³/mol. The lowest BCUT2D eigenvalue weighted by molar-refractivity contribution is 0.340. The van der Waals surface area contributed by atoms with Gasteiger partial charge in [-0.05, 0) is 0 Å². The molecule has 0 saturated carbocycles. The highest BCUT2D eigenvalue weighted by atomic mass is 32.2. The highest BCUT2D eigenvalue weighted by Gasteiger charge is 2.18. The van der Waals surface area contributed by atoms with Crippen molar-refractivity contribution in [3.63, 3.8) is 0 Å². The van der Waals surface area contributed by atoms with E-state index in [2.05, 4.69) is 10.8 Å². The number of rotatable bonds is 0. The van der Waals surface area contributed by atoms with Crippen LogP contribution in [0, 0.1) is 0 Å². The van der Waals surface area contributed by atoms with Crippen molar-refractivity contribution in [2.75, 3.05) is 0 Å². The van der Waals surface area contributed by atoms with Crippen LogP contribution in [0.25, 0.3) is 0 Å². The minimum Gasteiger partial charge on any atom is -0.494 e. The van der Waals surface area contributed by atoms with Gasteiger partial charge in [-0.25, -0.2) is 4.72 Å². The Morgan fingerprint density at radius 3 is 2.70 bits per heavy atom. The molecule has 0 fully saturated rings. The maximum atomic E-state index is 10.5. The van der Waals surface area contributed by atoms with Crippen molar-refractivity contribution in [2.45, 2.75) is 0 Å². The van der Waals surface area contributed by atoms with Crippen LogP contribution in [0.4, 0.5) is 0 Å². The normalized spacial score (nSPS) is 22.4. The number of aliphatic hydroxyl groups excluding tert-OH is 1. The van der Waals surface area contributed by atoms with E-state index in [0.29, 0.717) is 0 Å². The molecule has 0 radical (unpaired) electrons. The van der Waals surface area contributed by atoms with E-state index in [1.807, 2.05) is 0 Å². The maximum absolute atomic E-state index is 10.5. The molecule has 0 aromatic heterocycles. The Morgan fingerprint density at radius 1 is 1.70 bits per heavy atom. The Hall–Kier alpha value is -1.17. The lowest BCUT2D eigenvalue weighted by Crippen LogP contribution is -2.28. The van der Waals surface area contributed by atoms with Crippen molar-refractivity contribution < 1.29 is 17.7 Å². The minimum atomic E-state index is -3.85. The van der Waals surface area contributed by atoms with Crippen molar-refractivity contribution in [2.24, 2.45) is 0 Å². The van der Waals surface area contributed by atoms with Gasteiger partial charge in [-0.1, -0.05) is 6.58 Å². The van der Waals surface area contributed by atoms with Gasteiger partial charge < -0.3 is 9.29 Å². The Bertz CT molecular complexity index is 288. The fourth-order valence-electron chi connectivity index (χ4n) is 0.496. The second-order valence-electron chi connectivity index (χ2n) is 1.64. The van der Waals surface area contributed by atoms with Crippen LogP contribution in [0.1, 0.15) is 0 Å². The quantitative estimate of drug-likeness (QED) is 0.517. The second kappa shape index (κ2) is 1.91. The maximum Gasteiger partial charge on any atom is 0.409 e. The van der Waals surface area contributed by atoms with Crippen molar-refractivity contribution in [1.82, 2.24) is 4.72 Å². The summed E-state index contributed by atoms with van der Waals surface area (Å²) in [7, 11) is -3.85. The fourth-order valence-corrected chi connectivity index (χ4v) is 1.18. The molecule has 0 atom stereocenters. The summed E-state index contributed by atoms with van der Waals surface area (Å²) < 4.78 is 26.8. The number of aliphatic hydroxyl groups is 1. The van der Waals surface area contributed by atoms with Crippen LogP contribution < -0.4 is 4.72 Å². The average molecular weight is 163 g/mol. The molecule has 0 saturated heterocycles. The Labute approximate surface area is 57.9 Å². The third-order valence-corrected chi connectivity index (χ3v) is 1.64. The van der Waals surface area contributed by atoms with Crippen molar-refractivity contribution >= 4 is 10.3 Å². The lowest BCUT2D eigenvalue weighted by atomic mass is 10.5. The molecular formula is C4H5NO4S. The SMILES string of the molecule is C=C1C=C(O)NS(=O)(=O)O1. The largest absolute Gasteiger partial charge is 0.494 e. The van der Waals surface area contributed by atoms with E-state index in [1.165, 1.54) is 0 Å². The van der Waals surface area contributed by atoms with Gasteiger partial charge in [-0.3, -0.25) is 0 Å². The van der Waals surface area contributed by atoms with Crippen molar-refractivity contribution in [3.8, 4) is 0 Å². The predicted octanol–water partition coefficient (Wildman–Crippen LogP) is -0.236. The van der Waals surface area contributed by atoms with E-state index >= 15 is 0 Å². The van der Waals surface area contributed by atoms with Gasteiger partial charge in [0.25, 0.3) is 0 Å². The number of allylic oxidation sites excluding steroid dienone is 1. The third-order valence-electron chi connectivity index (χ3n) is 0.744. The van der Waals surface area contributed by atoms with Crippen LogP contribution in [0.5, 0.6) is 0 Å². The van der Waals surface area contributed by atoms with Crippen molar-refractivity contribution in [1.29, 1.82) is 0 Å². The highest BCUT2D eigenvalue weighted by molar-refractivity contribution is 7.85. The first kappa shape index (κ1) is 6.94. The van der Waals surface area contributed by atoms with Gasteiger partial charge >= 0.3 is 10.3 Å². The van der Waals surface area contributed by atoms with E-state index in [-0.39, 0.29) is 5.76 Å². The summed E-state index contributed by atoms with van der Waals surface area (Å²) in [6.45, 7) is 3.18. The molecule has 0 aliphatic carbocycles. The lowest BCUT2D eigenvalue weighted by Gasteiger charge is -2.12. The van der Waals surface area contributed by atoms with Crippen LogP contribution in [0.3, 0.4) is 0 Å². The molecule has 10 heavy (non-hydrogen) atoms. The number of nitrogens with one attached hydrogen (secondary N) is 1. The Kier molecular flexibility index (Phi) is 1.33. The van der Waals surface area contributed by atoms with Crippen LogP contribution in [-0.4, -0.2) is 13.5 Å². The van der Waals surface area contributed by atoms with Crippen LogP contribution in [-0.2, 0) is 14.5 Å². The van der Waals surface area contributed by atoms with Crippen LogP contribution in [0.15, 0.2) is 24.3 Å². The minimum absolute atomic E-state index is 0.115. The Balaban J connectivity index is 3.02. The summed E-state index contributed by atoms with van der Waals surface area (Å²) in [6.07, 6.45) is 1.06.